The number of hydrogen-bond acceptors (Lipinski definition) is 11. The smallest absolute Gasteiger partial charge is 0.255 e. The highest BCUT2D eigenvalue weighted by molar-refractivity contribution is 6.24. The Labute approximate surface area is 250 Å². The van der Waals surface area contributed by atoms with E-state index >= 15 is 0 Å². The number of ketones is 2. The molecule has 1 saturated carbocycles. The maximum atomic E-state index is 14.1. The van der Waals surface area contributed by atoms with Crippen LogP contribution in [0.25, 0.3) is 5.76 Å². The molecule has 43 heavy (non-hydrogen) atoms. The van der Waals surface area contributed by atoms with E-state index in [1.165, 1.54) is 4.90 Å². The van der Waals surface area contributed by atoms with Gasteiger partial charge in [-0.1, -0.05) is 19.8 Å². The number of Topliss-reactive ketones (excluding diaryl/α,β-unsaturated/α-hetero) is 2. The summed E-state index contributed by atoms with van der Waals surface area (Å²) in [6.45, 7) is 2.73. The summed E-state index contributed by atoms with van der Waals surface area (Å²) in [5, 5.41) is 51.4. The van der Waals surface area contributed by atoms with Gasteiger partial charge in [0, 0.05) is 31.3 Å². The minimum atomic E-state index is -2.72. The Morgan fingerprint density at radius 2 is 1.79 bits per heavy atom. The minimum absolute atomic E-state index is 0.000835. The second-order valence-corrected chi connectivity index (χ2v) is 11.9. The molecule has 4 rings (SSSR count). The van der Waals surface area contributed by atoms with E-state index in [2.05, 4.69) is 17.6 Å². The number of amides is 2. The Balaban J connectivity index is 1.82. The summed E-state index contributed by atoms with van der Waals surface area (Å²) in [4.78, 5) is 55.4. The van der Waals surface area contributed by atoms with Gasteiger partial charge in [0.15, 0.2) is 11.4 Å². The molecular formula is C30H41N5O8. The van der Waals surface area contributed by atoms with E-state index in [1.807, 2.05) is 0 Å². The molecule has 3 unspecified atom stereocenters. The normalized spacial score (nSPS) is 25.0. The third-order valence-electron chi connectivity index (χ3n) is 8.70. The Morgan fingerprint density at radius 3 is 2.37 bits per heavy atom. The molecule has 0 bridgehead atoms. The van der Waals surface area contributed by atoms with Crippen molar-refractivity contribution in [3.8, 4) is 5.75 Å². The lowest BCUT2D eigenvalue weighted by Crippen LogP contribution is -2.65. The number of aliphatic hydroxyl groups excluding tert-OH is 2. The van der Waals surface area contributed by atoms with E-state index in [0.717, 1.165) is 19.3 Å². The first-order valence-corrected chi connectivity index (χ1v) is 14.4. The molecule has 0 spiro atoms. The molecule has 3 aliphatic carbocycles. The molecule has 234 valence electrons. The van der Waals surface area contributed by atoms with Crippen LogP contribution in [0.3, 0.4) is 0 Å². The predicted molar refractivity (Wildman–Crippen MR) is 160 cm³/mol. The summed E-state index contributed by atoms with van der Waals surface area (Å²) in [6, 6.07) is 0.426. The van der Waals surface area contributed by atoms with Crippen LogP contribution in [0, 0.1) is 11.8 Å². The van der Waals surface area contributed by atoms with E-state index in [-0.39, 0.29) is 36.2 Å². The van der Waals surface area contributed by atoms with Crippen molar-refractivity contribution in [2.24, 2.45) is 17.6 Å². The van der Waals surface area contributed by atoms with E-state index in [9.17, 15) is 39.6 Å². The second kappa shape index (κ2) is 12.0. The fourth-order valence-electron chi connectivity index (χ4n) is 6.68. The van der Waals surface area contributed by atoms with Crippen molar-refractivity contribution >= 4 is 40.5 Å². The second-order valence-electron chi connectivity index (χ2n) is 11.9. The van der Waals surface area contributed by atoms with Gasteiger partial charge in [-0.05, 0) is 57.5 Å². The number of aromatic hydroxyl groups is 1. The standard InChI is InChI=1S/C30H41N5O8/c1-6-7-8-9-32-13-19(36)33-17-12-18(34(2)3)15-10-14-11-16-23(35(4)5)26(39)22(29(31)42)28(41)30(16,43)27(40)20(14)25(38)21(15)24(17)37/h12,14,16,23,32,37-38,41,43H,6-11,13H2,1-5H3,(H2,31,42)(H,33,36)/t14?,16?,23-,30?/m0/s1. The van der Waals surface area contributed by atoms with Gasteiger partial charge in [-0.3, -0.25) is 24.1 Å². The zero-order chi connectivity index (χ0) is 32.0. The van der Waals surface area contributed by atoms with Crippen molar-refractivity contribution in [3.63, 3.8) is 0 Å². The molecule has 13 nitrogen and oxygen atoms in total. The van der Waals surface area contributed by atoms with Crippen molar-refractivity contribution < 1.29 is 39.6 Å². The molecule has 13 heteroatoms. The largest absolute Gasteiger partial charge is 0.508 e. The Hall–Kier alpha value is -3.94. The SMILES string of the molecule is CCCCCNCC(=O)Nc1cc(N(C)C)c2c(c1O)C(O)=C1C(=O)C3(O)C(O)=C(C(N)=O)C(=O)[C@@H](N(C)C)C3CC1C2. The van der Waals surface area contributed by atoms with Gasteiger partial charge in [0.25, 0.3) is 5.91 Å². The monoisotopic (exact) mass is 599 g/mol. The first kappa shape index (κ1) is 32.0. The number of phenols is 1. The number of hydrogen-bond donors (Lipinski definition) is 7. The van der Waals surface area contributed by atoms with Crippen LogP contribution in [0.4, 0.5) is 11.4 Å². The number of unbranched alkanes of at least 4 members (excludes halogenated alkanes) is 2. The van der Waals surface area contributed by atoms with Gasteiger partial charge in [-0.15, -0.1) is 0 Å². The Bertz CT molecular complexity index is 1430. The Kier molecular flexibility index (Phi) is 8.91. The molecule has 3 aliphatic rings. The van der Waals surface area contributed by atoms with Crippen LogP contribution < -0.4 is 21.3 Å². The summed E-state index contributed by atoms with van der Waals surface area (Å²) in [5.74, 6) is -7.70. The van der Waals surface area contributed by atoms with Crippen LogP contribution in [0.2, 0.25) is 0 Å². The summed E-state index contributed by atoms with van der Waals surface area (Å²) >= 11 is 0. The number of fused-ring (bicyclic) bond motifs is 3. The van der Waals surface area contributed by atoms with E-state index in [1.54, 1.807) is 39.2 Å². The molecule has 2 amide bonds. The van der Waals surface area contributed by atoms with Gasteiger partial charge in [0.2, 0.25) is 11.7 Å². The lowest BCUT2D eigenvalue weighted by molar-refractivity contribution is -0.153. The first-order chi connectivity index (χ1) is 20.2. The maximum absolute atomic E-state index is 14.1. The third kappa shape index (κ3) is 5.25. The van der Waals surface area contributed by atoms with Crippen molar-refractivity contribution in [2.45, 2.75) is 50.7 Å². The summed E-state index contributed by atoms with van der Waals surface area (Å²) < 4.78 is 0. The van der Waals surface area contributed by atoms with E-state index in [4.69, 9.17) is 5.73 Å². The number of primary amides is 1. The number of carbonyl (C=O) groups excluding carboxylic acids is 4. The molecule has 0 saturated heterocycles. The van der Waals surface area contributed by atoms with Crippen LogP contribution in [-0.2, 0) is 25.6 Å². The van der Waals surface area contributed by atoms with E-state index in [0.29, 0.717) is 17.8 Å². The maximum Gasteiger partial charge on any atom is 0.255 e. The van der Waals surface area contributed by atoms with Crippen molar-refractivity contribution in [3.05, 3.63) is 34.1 Å². The van der Waals surface area contributed by atoms with Gasteiger partial charge < -0.3 is 41.7 Å². The predicted octanol–water partition coefficient (Wildman–Crippen LogP) is 0.748. The highest BCUT2D eigenvalue weighted by atomic mass is 16.3. The minimum Gasteiger partial charge on any atom is -0.508 e. The zero-order valence-electron chi connectivity index (χ0n) is 25.2. The third-order valence-corrected chi connectivity index (χ3v) is 8.70. The average Bonchev–Trinajstić information content (AvgIpc) is 2.91. The topological polar surface area (TPSA) is 206 Å². The number of rotatable bonds is 10. The lowest BCUT2D eigenvalue weighted by Gasteiger charge is -2.50. The molecule has 0 radical (unpaired) electrons. The summed E-state index contributed by atoms with van der Waals surface area (Å²) in [7, 11) is 6.60. The number of nitrogens with one attached hydrogen (secondary N) is 2. The van der Waals surface area contributed by atoms with E-state index < -0.39 is 69.7 Å². The summed E-state index contributed by atoms with van der Waals surface area (Å²) in [6.07, 6.45) is 3.11. The number of phenolic OH excluding ortho intramolecular Hbond substituents is 1. The molecule has 0 aromatic heterocycles. The Morgan fingerprint density at radius 1 is 1.12 bits per heavy atom. The average molecular weight is 600 g/mol. The van der Waals surface area contributed by atoms with Crippen LogP contribution in [0.15, 0.2) is 23.0 Å². The van der Waals surface area contributed by atoms with Gasteiger partial charge in [-0.25, -0.2) is 0 Å². The quantitative estimate of drug-likeness (QED) is 0.113. The lowest BCUT2D eigenvalue weighted by atomic mass is 9.57. The van der Waals surface area contributed by atoms with Crippen LogP contribution >= 0.6 is 0 Å². The molecule has 4 atom stereocenters. The fraction of sp³-hybridized carbons (Fsp3) is 0.533. The molecule has 8 N–H and O–H groups in total. The first-order valence-electron chi connectivity index (χ1n) is 14.4. The van der Waals surface area contributed by atoms with Crippen molar-refractivity contribution in [2.75, 3.05) is 51.5 Å². The number of carbonyl (C=O) groups is 4. The molecular weight excluding hydrogens is 558 g/mol. The van der Waals surface area contributed by atoms with Crippen molar-refractivity contribution in [1.82, 2.24) is 10.2 Å². The van der Waals surface area contributed by atoms with Gasteiger partial charge in [-0.2, -0.15) is 0 Å². The number of nitrogens with two attached hydrogens (primary N) is 1. The molecule has 1 aromatic carbocycles. The van der Waals surface area contributed by atoms with Gasteiger partial charge in [0.1, 0.15) is 22.8 Å². The summed E-state index contributed by atoms with van der Waals surface area (Å²) in [5.41, 5.74) is 2.53. The van der Waals surface area contributed by atoms with Crippen molar-refractivity contribution in [1.29, 1.82) is 0 Å². The van der Waals surface area contributed by atoms with Crippen LogP contribution in [0.5, 0.6) is 5.75 Å². The van der Waals surface area contributed by atoms with Gasteiger partial charge >= 0.3 is 0 Å². The van der Waals surface area contributed by atoms with Crippen LogP contribution in [-0.4, -0.2) is 102 Å². The molecule has 1 aromatic rings. The number of anilines is 2. The number of aliphatic hydroxyl groups is 3. The molecule has 0 heterocycles. The number of nitrogens with zero attached hydrogens (tertiary/aromatic N) is 2. The number of likely N-dealkylation sites (N-methyl/N-ethyl adjacent to an activating group) is 1. The zero-order valence-corrected chi connectivity index (χ0v) is 25.2. The number of benzene rings is 1. The van der Waals surface area contributed by atoms with Crippen LogP contribution in [0.1, 0.15) is 43.7 Å². The highest BCUT2D eigenvalue weighted by Crippen LogP contribution is 2.54. The highest BCUT2D eigenvalue weighted by Gasteiger charge is 2.64. The van der Waals surface area contributed by atoms with Gasteiger partial charge in [0.05, 0.1) is 23.8 Å². The molecule has 1 fully saturated rings. The fourth-order valence-corrected chi connectivity index (χ4v) is 6.68. The molecule has 0 aliphatic heterocycles.